The van der Waals surface area contributed by atoms with E-state index in [0.717, 1.165) is 24.4 Å². The molecule has 0 aliphatic carbocycles. The highest BCUT2D eigenvalue weighted by atomic mass is 16.3. The van der Waals surface area contributed by atoms with Gasteiger partial charge in [-0.2, -0.15) is 5.10 Å². The molecule has 0 spiro atoms. The maximum absolute atomic E-state index is 10.5. The highest BCUT2D eigenvalue weighted by Crippen LogP contribution is 2.30. The molecule has 1 aromatic carbocycles. The second kappa shape index (κ2) is 5.48. The number of benzene rings is 1. The van der Waals surface area contributed by atoms with Gasteiger partial charge in [-0.05, 0) is 37.5 Å². The highest BCUT2D eigenvalue weighted by molar-refractivity contribution is 5.58. The first kappa shape index (κ1) is 14.1. The first-order valence-corrected chi connectivity index (χ1v) is 7.46. The van der Waals surface area contributed by atoms with Gasteiger partial charge < -0.3 is 10.0 Å². The van der Waals surface area contributed by atoms with Crippen LogP contribution in [0.3, 0.4) is 0 Å². The largest absolute Gasteiger partial charge is 0.388 e. The molecule has 1 unspecified atom stereocenters. The van der Waals surface area contributed by atoms with Crippen molar-refractivity contribution in [3.8, 4) is 0 Å². The summed E-state index contributed by atoms with van der Waals surface area (Å²) in [7, 11) is 2.10. The Hall–Kier alpha value is -1.88. The number of aliphatic hydroxyl groups excluding tert-OH is 1. The first-order valence-electron chi connectivity index (χ1n) is 7.46. The Morgan fingerprint density at radius 3 is 2.90 bits per heavy atom. The maximum atomic E-state index is 10.5. The van der Waals surface area contributed by atoms with Gasteiger partial charge in [0.05, 0.1) is 6.10 Å². The van der Waals surface area contributed by atoms with E-state index >= 15 is 0 Å². The van der Waals surface area contributed by atoms with Crippen LogP contribution in [-0.4, -0.2) is 33.5 Å². The van der Waals surface area contributed by atoms with Gasteiger partial charge in [0, 0.05) is 31.7 Å². The number of aromatic nitrogens is 3. The summed E-state index contributed by atoms with van der Waals surface area (Å²) in [6.45, 7) is 5.18. The Morgan fingerprint density at radius 1 is 1.33 bits per heavy atom. The molecule has 21 heavy (non-hydrogen) atoms. The fourth-order valence-electron chi connectivity index (χ4n) is 2.94. The first-order chi connectivity index (χ1) is 10.1. The number of rotatable bonds is 4. The third kappa shape index (κ3) is 2.65. The summed E-state index contributed by atoms with van der Waals surface area (Å²) in [4.78, 5) is 6.52. The van der Waals surface area contributed by atoms with Gasteiger partial charge in [0.1, 0.15) is 12.2 Å². The zero-order valence-electron chi connectivity index (χ0n) is 12.8. The summed E-state index contributed by atoms with van der Waals surface area (Å²) in [5, 5.41) is 14.7. The monoisotopic (exact) mass is 286 g/mol. The van der Waals surface area contributed by atoms with Gasteiger partial charge in [-0.25, -0.2) is 9.67 Å². The van der Waals surface area contributed by atoms with Crippen molar-refractivity contribution in [3.05, 3.63) is 41.5 Å². The molecule has 2 aromatic rings. The molecule has 3 rings (SSSR count). The summed E-state index contributed by atoms with van der Waals surface area (Å²) in [5.74, 6) is 0.829. The molecular weight excluding hydrogens is 264 g/mol. The summed E-state index contributed by atoms with van der Waals surface area (Å²) < 4.78 is 1.87. The van der Waals surface area contributed by atoms with Gasteiger partial charge in [-0.15, -0.1) is 0 Å². The molecule has 0 radical (unpaired) electrons. The van der Waals surface area contributed by atoms with Crippen LogP contribution in [0.2, 0.25) is 0 Å². The fraction of sp³-hybridized carbons (Fsp3) is 0.500. The molecule has 0 fully saturated rings. The average Bonchev–Trinajstić information content (AvgIpc) is 3.06. The van der Waals surface area contributed by atoms with Gasteiger partial charge in [-0.1, -0.05) is 12.1 Å². The molecule has 0 saturated carbocycles. The Bertz CT molecular complexity index is 635. The van der Waals surface area contributed by atoms with Gasteiger partial charge >= 0.3 is 0 Å². The summed E-state index contributed by atoms with van der Waals surface area (Å²) >= 11 is 0. The minimum Gasteiger partial charge on any atom is -0.388 e. The molecule has 1 aliphatic heterocycles. The minimum atomic E-state index is -0.539. The SMILES string of the molecule is CC(C)n1ncnc1CC(O)c1ccc2c(c1)CCN2C. The van der Waals surface area contributed by atoms with Crippen LogP contribution in [0.4, 0.5) is 5.69 Å². The number of aliphatic hydroxyl groups is 1. The molecular formula is C16H22N4O. The number of likely N-dealkylation sites (N-methyl/N-ethyl adjacent to an activating group) is 1. The molecule has 5 heteroatoms. The second-order valence-corrected chi connectivity index (χ2v) is 5.99. The fourth-order valence-corrected chi connectivity index (χ4v) is 2.94. The normalized spacial score (nSPS) is 15.6. The van der Waals surface area contributed by atoms with Crippen molar-refractivity contribution in [1.82, 2.24) is 14.8 Å². The molecule has 0 bridgehead atoms. The van der Waals surface area contributed by atoms with Crippen LogP contribution in [0, 0.1) is 0 Å². The molecule has 112 valence electrons. The molecule has 0 amide bonds. The van der Waals surface area contributed by atoms with E-state index in [0.29, 0.717) is 6.42 Å². The zero-order chi connectivity index (χ0) is 15.0. The van der Waals surface area contributed by atoms with E-state index in [1.165, 1.54) is 11.3 Å². The quantitative estimate of drug-likeness (QED) is 0.935. The van der Waals surface area contributed by atoms with Crippen molar-refractivity contribution in [2.75, 3.05) is 18.5 Å². The van der Waals surface area contributed by atoms with E-state index in [1.807, 2.05) is 10.7 Å². The van der Waals surface area contributed by atoms with Crippen molar-refractivity contribution in [1.29, 1.82) is 0 Å². The molecule has 0 saturated heterocycles. The molecule has 5 nitrogen and oxygen atoms in total. The van der Waals surface area contributed by atoms with E-state index in [2.05, 4.69) is 48.0 Å². The van der Waals surface area contributed by atoms with Gasteiger partial charge in [0.25, 0.3) is 0 Å². The number of anilines is 1. The average molecular weight is 286 g/mol. The molecule has 2 heterocycles. The lowest BCUT2D eigenvalue weighted by atomic mass is 10.0. The van der Waals surface area contributed by atoms with Crippen molar-refractivity contribution in [2.45, 2.75) is 38.8 Å². The Balaban J connectivity index is 1.80. The number of nitrogens with zero attached hydrogens (tertiary/aromatic N) is 4. The van der Waals surface area contributed by atoms with E-state index < -0.39 is 6.10 Å². The summed E-state index contributed by atoms with van der Waals surface area (Å²) in [6.07, 6.45) is 2.56. The lowest BCUT2D eigenvalue weighted by Gasteiger charge is -2.16. The lowest BCUT2D eigenvalue weighted by molar-refractivity contribution is 0.173. The third-order valence-electron chi connectivity index (χ3n) is 4.13. The van der Waals surface area contributed by atoms with E-state index in [9.17, 15) is 5.11 Å². The Labute approximate surface area is 125 Å². The number of hydrogen-bond acceptors (Lipinski definition) is 4. The topological polar surface area (TPSA) is 54.2 Å². The van der Waals surface area contributed by atoms with E-state index in [1.54, 1.807) is 6.33 Å². The van der Waals surface area contributed by atoms with Gasteiger partial charge in [-0.3, -0.25) is 0 Å². The lowest BCUT2D eigenvalue weighted by Crippen LogP contribution is -2.13. The van der Waals surface area contributed by atoms with E-state index in [4.69, 9.17) is 0 Å². The number of fused-ring (bicyclic) bond motifs is 1. The molecule has 1 aliphatic rings. The maximum Gasteiger partial charge on any atom is 0.138 e. The van der Waals surface area contributed by atoms with Crippen molar-refractivity contribution in [3.63, 3.8) is 0 Å². The van der Waals surface area contributed by atoms with Crippen LogP contribution in [-0.2, 0) is 12.8 Å². The van der Waals surface area contributed by atoms with Crippen molar-refractivity contribution < 1.29 is 5.11 Å². The summed E-state index contributed by atoms with van der Waals surface area (Å²) in [5.41, 5.74) is 3.55. The van der Waals surface area contributed by atoms with Crippen LogP contribution in [0.25, 0.3) is 0 Å². The predicted molar refractivity (Wildman–Crippen MR) is 82.5 cm³/mol. The number of hydrogen-bond donors (Lipinski definition) is 1. The Kier molecular flexibility index (Phi) is 3.68. The van der Waals surface area contributed by atoms with Crippen LogP contribution in [0.15, 0.2) is 24.5 Å². The standard InChI is InChI=1S/C16H22N4O/c1-11(2)20-16(17-10-18-20)9-15(21)13-4-5-14-12(8-13)6-7-19(14)3/h4-5,8,10-11,15,21H,6-7,9H2,1-3H3. The van der Waals surface area contributed by atoms with Gasteiger partial charge in [0.2, 0.25) is 0 Å². The third-order valence-corrected chi connectivity index (χ3v) is 4.13. The van der Waals surface area contributed by atoms with Crippen molar-refractivity contribution >= 4 is 5.69 Å². The predicted octanol–water partition coefficient (Wildman–Crippen LogP) is 2.13. The van der Waals surface area contributed by atoms with Crippen LogP contribution >= 0.6 is 0 Å². The van der Waals surface area contributed by atoms with Crippen LogP contribution in [0.1, 0.15) is 42.9 Å². The highest BCUT2D eigenvalue weighted by Gasteiger charge is 2.19. The van der Waals surface area contributed by atoms with E-state index in [-0.39, 0.29) is 6.04 Å². The van der Waals surface area contributed by atoms with Crippen molar-refractivity contribution in [2.24, 2.45) is 0 Å². The molecule has 1 atom stereocenters. The minimum absolute atomic E-state index is 0.253. The molecule has 1 aromatic heterocycles. The summed E-state index contributed by atoms with van der Waals surface area (Å²) in [6, 6.07) is 6.50. The zero-order valence-corrected chi connectivity index (χ0v) is 12.8. The molecule has 1 N–H and O–H groups in total. The van der Waals surface area contributed by atoms with Crippen LogP contribution < -0.4 is 4.90 Å². The Morgan fingerprint density at radius 2 is 2.14 bits per heavy atom. The second-order valence-electron chi connectivity index (χ2n) is 5.99. The smallest absolute Gasteiger partial charge is 0.138 e. The van der Waals surface area contributed by atoms with Gasteiger partial charge in [0.15, 0.2) is 0 Å². The van der Waals surface area contributed by atoms with Crippen LogP contribution in [0.5, 0.6) is 0 Å².